The van der Waals surface area contributed by atoms with Gasteiger partial charge in [0.05, 0.1) is 4.92 Å². The van der Waals surface area contributed by atoms with Crippen LogP contribution in [-0.4, -0.2) is 11.1 Å². The van der Waals surface area contributed by atoms with Gasteiger partial charge < -0.3 is 5.73 Å². The van der Waals surface area contributed by atoms with E-state index in [-0.39, 0.29) is 17.4 Å². The number of alkyl halides is 3. The Labute approximate surface area is 105 Å². The first kappa shape index (κ1) is 16.0. The van der Waals surface area contributed by atoms with E-state index in [2.05, 4.69) is 0 Å². The van der Waals surface area contributed by atoms with Crippen molar-refractivity contribution in [3.8, 4) is 0 Å². The molecule has 0 aliphatic heterocycles. The van der Waals surface area contributed by atoms with Crippen LogP contribution in [0.15, 0.2) is 18.2 Å². The Morgan fingerprint density at radius 3 is 2.35 bits per heavy atom. The molecule has 0 fully saturated rings. The predicted octanol–water partition coefficient (Wildman–Crippen LogP) is 3.23. The molecular formula is C8H7Cl2F3N2O2. The molecule has 1 aromatic rings. The number of nitro benzene ring substituents is 1. The van der Waals surface area contributed by atoms with Crippen molar-refractivity contribution in [2.75, 3.05) is 0 Å². The van der Waals surface area contributed by atoms with Gasteiger partial charge in [-0.3, -0.25) is 10.1 Å². The monoisotopic (exact) mass is 290 g/mol. The Balaban J connectivity index is 0.00000256. The van der Waals surface area contributed by atoms with Gasteiger partial charge in [0, 0.05) is 22.7 Å². The second-order valence-corrected chi connectivity index (χ2v) is 3.39. The zero-order chi connectivity index (χ0) is 12.5. The SMILES string of the molecule is Cl.N[C@H](c1cc([N+](=O)[O-])ccc1Cl)C(F)(F)F. The lowest BCUT2D eigenvalue weighted by molar-refractivity contribution is -0.385. The Kier molecular flexibility index (Phi) is 5.18. The fourth-order valence-electron chi connectivity index (χ4n) is 1.06. The largest absolute Gasteiger partial charge is 0.407 e. The van der Waals surface area contributed by atoms with Crippen molar-refractivity contribution in [2.45, 2.75) is 12.2 Å². The highest BCUT2D eigenvalue weighted by Gasteiger charge is 2.39. The van der Waals surface area contributed by atoms with E-state index >= 15 is 0 Å². The van der Waals surface area contributed by atoms with Gasteiger partial charge in [0.15, 0.2) is 0 Å². The molecule has 0 aliphatic carbocycles. The van der Waals surface area contributed by atoms with Crippen molar-refractivity contribution in [1.82, 2.24) is 0 Å². The first-order valence-electron chi connectivity index (χ1n) is 3.99. The molecule has 1 atom stereocenters. The van der Waals surface area contributed by atoms with Crippen LogP contribution in [0.25, 0.3) is 0 Å². The van der Waals surface area contributed by atoms with Crippen LogP contribution in [0.3, 0.4) is 0 Å². The maximum Gasteiger partial charge on any atom is 0.407 e. The van der Waals surface area contributed by atoms with Crippen molar-refractivity contribution in [3.63, 3.8) is 0 Å². The number of hydrogen-bond acceptors (Lipinski definition) is 3. The number of hydrogen-bond donors (Lipinski definition) is 1. The van der Waals surface area contributed by atoms with E-state index in [0.29, 0.717) is 0 Å². The molecule has 9 heteroatoms. The topological polar surface area (TPSA) is 69.2 Å². The zero-order valence-electron chi connectivity index (χ0n) is 8.07. The third kappa shape index (κ3) is 3.72. The molecule has 2 N–H and O–H groups in total. The number of halogens is 5. The maximum atomic E-state index is 12.3. The average Bonchev–Trinajstić information content (AvgIpc) is 2.15. The number of nitrogens with zero attached hydrogens (tertiary/aromatic N) is 1. The van der Waals surface area contributed by atoms with E-state index in [1.54, 1.807) is 0 Å². The summed E-state index contributed by atoms with van der Waals surface area (Å²) in [6, 6.07) is 0.413. The van der Waals surface area contributed by atoms with Gasteiger partial charge in [0.1, 0.15) is 6.04 Å². The fraction of sp³-hybridized carbons (Fsp3) is 0.250. The summed E-state index contributed by atoms with van der Waals surface area (Å²) in [4.78, 5) is 9.56. The summed E-state index contributed by atoms with van der Waals surface area (Å²) in [6.07, 6.45) is -4.70. The standard InChI is InChI=1S/C8H6ClF3N2O2.ClH/c9-6-2-1-4(14(15)16)3-5(6)7(13)8(10,11)12;/h1-3,7H,13H2;1H/t7-;/m1./s1. The molecule has 17 heavy (non-hydrogen) atoms. The highest BCUT2D eigenvalue weighted by atomic mass is 35.5. The molecule has 0 amide bonds. The minimum absolute atomic E-state index is 0. The highest BCUT2D eigenvalue weighted by molar-refractivity contribution is 6.31. The van der Waals surface area contributed by atoms with Crippen LogP contribution in [0, 0.1) is 10.1 Å². The van der Waals surface area contributed by atoms with Gasteiger partial charge in [0.2, 0.25) is 0 Å². The molecule has 0 radical (unpaired) electrons. The molecule has 0 bridgehead atoms. The van der Waals surface area contributed by atoms with Crippen LogP contribution in [0.1, 0.15) is 11.6 Å². The van der Waals surface area contributed by atoms with Crippen molar-refractivity contribution < 1.29 is 18.1 Å². The first-order chi connectivity index (χ1) is 7.23. The number of nitrogens with two attached hydrogens (primary N) is 1. The number of non-ortho nitro benzene ring substituents is 1. The molecule has 0 spiro atoms. The Bertz CT molecular complexity index is 426. The summed E-state index contributed by atoms with van der Waals surface area (Å²) < 4.78 is 36.9. The van der Waals surface area contributed by atoms with Gasteiger partial charge in [-0.1, -0.05) is 11.6 Å². The molecule has 96 valence electrons. The molecule has 0 saturated carbocycles. The summed E-state index contributed by atoms with van der Waals surface area (Å²) in [5, 5.41) is 10.1. The summed E-state index contributed by atoms with van der Waals surface area (Å²) >= 11 is 5.50. The zero-order valence-corrected chi connectivity index (χ0v) is 9.64. The number of benzene rings is 1. The van der Waals surface area contributed by atoms with Gasteiger partial charge in [-0.2, -0.15) is 13.2 Å². The fourth-order valence-corrected chi connectivity index (χ4v) is 1.29. The van der Waals surface area contributed by atoms with E-state index in [0.717, 1.165) is 18.2 Å². The summed E-state index contributed by atoms with van der Waals surface area (Å²) in [6.45, 7) is 0. The highest BCUT2D eigenvalue weighted by Crippen LogP contribution is 2.35. The Morgan fingerprint density at radius 2 is 1.94 bits per heavy atom. The summed E-state index contributed by atoms with van der Waals surface area (Å²) in [5.74, 6) is 0. The molecule has 0 aliphatic rings. The van der Waals surface area contributed by atoms with Gasteiger partial charge >= 0.3 is 6.18 Å². The molecular weight excluding hydrogens is 284 g/mol. The smallest absolute Gasteiger partial charge is 0.316 e. The number of rotatable bonds is 2. The number of nitro groups is 1. The van der Waals surface area contributed by atoms with Crippen LogP contribution in [0.5, 0.6) is 0 Å². The molecule has 0 unspecified atom stereocenters. The molecule has 0 heterocycles. The third-order valence-corrected chi connectivity index (χ3v) is 2.22. The van der Waals surface area contributed by atoms with Gasteiger partial charge in [-0.05, 0) is 6.07 Å². The molecule has 1 rings (SSSR count). The molecule has 4 nitrogen and oxygen atoms in total. The van der Waals surface area contributed by atoms with Crippen LogP contribution >= 0.6 is 24.0 Å². The van der Waals surface area contributed by atoms with E-state index in [1.807, 2.05) is 0 Å². The van der Waals surface area contributed by atoms with E-state index in [9.17, 15) is 23.3 Å². The van der Waals surface area contributed by atoms with Crippen molar-refractivity contribution >= 4 is 29.7 Å². The Morgan fingerprint density at radius 1 is 1.41 bits per heavy atom. The van der Waals surface area contributed by atoms with Crippen LogP contribution in [0.2, 0.25) is 5.02 Å². The summed E-state index contributed by atoms with van der Waals surface area (Å²) in [5.41, 5.74) is 3.91. The van der Waals surface area contributed by atoms with E-state index < -0.39 is 28.4 Å². The lowest BCUT2D eigenvalue weighted by atomic mass is 10.1. The van der Waals surface area contributed by atoms with Crippen molar-refractivity contribution in [2.24, 2.45) is 5.73 Å². The lowest BCUT2D eigenvalue weighted by Gasteiger charge is -2.16. The average molecular weight is 291 g/mol. The second kappa shape index (κ2) is 5.52. The van der Waals surface area contributed by atoms with Crippen molar-refractivity contribution in [3.05, 3.63) is 38.9 Å². The van der Waals surface area contributed by atoms with Gasteiger partial charge in [-0.15, -0.1) is 12.4 Å². The van der Waals surface area contributed by atoms with Crippen LogP contribution in [-0.2, 0) is 0 Å². The lowest BCUT2D eigenvalue weighted by Crippen LogP contribution is -2.28. The maximum absolute atomic E-state index is 12.3. The molecule has 1 aromatic carbocycles. The normalized spacial score (nSPS) is 12.8. The third-order valence-electron chi connectivity index (χ3n) is 1.88. The van der Waals surface area contributed by atoms with Crippen molar-refractivity contribution in [1.29, 1.82) is 0 Å². The first-order valence-corrected chi connectivity index (χ1v) is 4.37. The van der Waals surface area contributed by atoms with Gasteiger partial charge in [-0.25, -0.2) is 0 Å². The molecule has 0 aromatic heterocycles. The quantitative estimate of drug-likeness (QED) is 0.671. The predicted molar refractivity (Wildman–Crippen MR) is 58.3 cm³/mol. The minimum Gasteiger partial charge on any atom is -0.316 e. The second-order valence-electron chi connectivity index (χ2n) is 2.98. The van der Waals surface area contributed by atoms with Crippen LogP contribution in [0.4, 0.5) is 18.9 Å². The van der Waals surface area contributed by atoms with Gasteiger partial charge in [0.25, 0.3) is 5.69 Å². The summed E-state index contributed by atoms with van der Waals surface area (Å²) in [7, 11) is 0. The van der Waals surface area contributed by atoms with Crippen LogP contribution < -0.4 is 5.73 Å². The van der Waals surface area contributed by atoms with E-state index in [4.69, 9.17) is 17.3 Å². The Hall–Kier alpha value is -1.05. The van der Waals surface area contributed by atoms with E-state index in [1.165, 1.54) is 0 Å². The molecule has 0 saturated heterocycles. The minimum atomic E-state index is -4.70.